The van der Waals surface area contributed by atoms with Gasteiger partial charge in [0.15, 0.2) is 0 Å². The Morgan fingerprint density at radius 2 is 2.00 bits per heavy atom. The molecule has 1 atom stereocenters. The molecule has 3 heteroatoms. The summed E-state index contributed by atoms with van der Waals surface area (Å²) in [6.45, 7) is 7.75. The number of hydrogen-bond acceptors (Lipinski definition) is 2. The first-order valence-electron chi connectivity index (χ1n) is 6.92. The average Bonchev–Trinajstić information content (AvgIpc) is 2.86. The summed E-state index contributed by atoms with van der Waals surface area (Å²) in [5.41, 5.74) is 1.07. The van der Waals surface area contributed by atoms with Crippen LogP contribution in [0.15, 0.2) is 30.3 Å². The van der Waals surface area contributed by atoms with Crippen LogP contribution < -0.4 is 0 Å². The van der Waals surface area contributed by atoms with E-state index in [2.05, 4.69) is 24.3 Å². The number of amides is 1. The maximum absolute atomic E-state index is 12.1. The van der Waals surface area contributed by atoms with Crippen LogP contribution in [-0.2, 0) is 9.53 Å². The van der Waals surface area contributed by atoms with Crippen molar-refractivity contribution in [3.8, 4) is 0 Å². The number of carbonyl (C=O) groups is 1. The summed E-state index contributed by atoms with van der Waals surface area (Å²) in [4.78, 5) is 14.0. The molecular formula is C16H23NO2. The largest absolute Gasteiger partial charge is 0.366 e. The Bertz CT molecular complexity index is 422. The van der Waals surface area contributed by atoms with E-state index in [0.717, 1.165) is 19.5 Å². The number of hydrogen-bond donors (Lipinski definition) is 0. The monoisotopic (exact) mass is 261 g/mol. The molecule has 0 bridgehead atoms. The van der Waals surface area contributed by atoms with Crippen LogP contribution in [-0.4, -0.2) is 36.1 Å². The zero-order valence-electron chi connectivity index (χ0n) is 12.1. The van der Waals surface area contributed by atoms with Crippen molar-refractivity contribution >= 4 is 5.91 Å². The minimum Gasteiger partial charge on any atom is -0.366 e. The Labute approximate surface area is 115 Å². The van der Waals surface area contributed by atoms with Crippen molar-refractivity contribution in [2.45, 2.75) is 38.7 Å². The van der Waals surface area contributed by atoms with Crippen LogP contribution in [0, 0.1) is 0 Å². The second-order valence-electron chi connectivity index (χ2n) is 6.14. The summed E-state index contributed by atoms with van der Waals surface area (Å²) in [6.07, 6.45) is 1.05. The molecule has 1 amide bonds. The van der Waals surface area contributed by atoms with Gasteiger partial charge in [-0.2, -0.15) is 0 Å². The van der Waals surface area contributed by atoms with Gasteiger partial charge in [0, 0.05) is 19.0 Å². The van der Waals surface area contributed by atoms with Crippen molar-refractivity contribution in [1.29, 1.82) is 0 Å². The maximum Gasteiger partial charge on any atom is 0.248 e. The fraction of sp³-hybridized carbons (Fsp3) is 0.562. The molecule has 1 aliphatic rings. The van der Waals surface area contributed by atoms with Crippen LogP contribution in [0.2, 0.25) is 0 Å². The van der Waals surface area contributed by atoms with E-state index in [-0.39, 0.29) is 18.1 Å². The lowest BCUT2D eigenvalue weighted by molar-refractivity contribution is -0.139. The van der Waals surface area contributed by atoms with Gasteiger partial charge < -0.3 is 9.64 Å². The number of carbonyl (C=O) groups excluding carboxylic acids is 1. The number of rotatable bonds is 3. The standard InChI is InChI=1S/C16H23NO2/c1-16(2,3)19-12-15(18)17-10-9-14(11-17)13-7-5-4-6-8-13/h4-8,14H,9-12H2,1-3H3. The number of ether oxygens (including phenoxy) is 1. The molecule has 0 spiro atoms. The first-order valence-corrected chi connectivity index (χ1v) is 6.92. The lowest BCUT2D eigenvalue weighted by Crippen LogP contribution is -2.34. The fourth-order valence-electron chi connectivity index (χ4n) is 2.35. The molecule has 19 heavy (non-hydrogen) atoms. The van der Waals surface area contributed by atoms with Gasteiger partial charge in [-0.1, -0.05) is 30.3 Å². The van der Waals surface area contributed by atoms with E-state index >= 15 is 0 Å². The molecule has 1 saturated heterocycles. The van der Waals surface area contributed by atoms with Gasteiger partial charge in [-0.15, -0.1) is 0 Å². The summed E-state index contributed by atoms with van der Waals surface area (Å²) in [5.74, 6) is 0.577. The molecule has 1 aromatic carbocycles. The normalized spacial score (nSPS) is 19.7. The highest BCUT2D eigenvalue weighted by atomic mass is 16.5. The van der Waals surface area contributed by atoms with E-state index in [1.165, 1.54) is 5.56 Å². The van der Waals surface area contributed by atoms with Crippen LogP contribution in [0.3, 0.4) is 0 Å². The van der Waals surface area contributed by atoms with Crippen LogP contribution in [0.1, 0.15) is 38.7 Å². The summed E-state index contributed by atoms with van der Waals surface area (Å²) in [7, 11) is 0. The first kappa shape index (κ1) is 14.1. The maximum atomic E-state index is 12.1. The Kier molecular flexibility index (Phi) is 4.25. The van der Waals surface area contributed by atoms with Crippen molar-refractivity contribution in [1.82, 2.24) is 4.90 Å². The highest BCUT2D eigenvalue weighted by Crippen LogP contribution is 2.27. The Balaban J connectivity index is 1.86. The number of nitrogens with zero attached hydrogens (tertiary/aromatic N) is 1. The Hall–Kier alpha value is -1.35. The van der Waals surface area contributed by atoms with Crippen molar-refractivity contribution in [2.24, 2.45) is 0 Å². The van der Waals surface area contributed by atoms with E-state index in [4.69, 9.17) is 4.74 Å². The van der Waals surface area contributed by atoms with E-state index in [9.17, 15) is 4.79 Å². The first-order chi connectivity index (χ1) is 8.96. The van der Waals surface area contributed by atoms with Crippen molar-refractivity contribution in [3.05, 3.63) is 35.9 Å². The highest BCUT2D eigenvalue weighted by molar-refractivity contribution is 5.77. The third-order valence-corrected chi connectivity index (χ3v) is 3.44. The summed E-state index contributed by atoms with van der Waals surface area (Å²) < 4.78 is 5.55. The second-order valence-corrected chi connectivity index (χ2v) is 6.14. The van der Waals surface area contributed by atoms with Gasteiger partial charge in [0.2, 0.25) is 5.91 Å². The molecule has 1 fully saturated rings. The minimum absolute atomic E-state index is 0.105. The summed E-state index contributed by atoms with van der Waals surface area (Å²) in [5, 5.41) is 0. The molecule has 0 saturated carbocycles. The third kappa shape index (κ3) is 4.06. The molecule has 0 aliphatic carbocycles. The Morgan fingerprint density at radius 1 is 1.32 bits per heavy atom. The van der Waals surface area contributed by atoms with Gasteiger partial charge >= 0.3 is 0 Å². The summed E-state index contributed by atoms with van der Waals surface area (Å²) in [6, 6.07) is 10.4. The molecule has 1 aromatic rings. The highest BCUT2D eigenvalue weighted by Gasteiger charge is 2.27. The molecule has 0 aromatic heterocycles. The average molecular weight is 261 g/mol. The minimum atomic E-state index is -0.256. The fourth-order valence-corrected chi connectivity index (χ4v) is 2.35. The summed E-state index contributed by atoms with van der Waals surface area (Å²) >= 11 is 0. The zero-order chi connectivity index (χ0) is 13.9. The molecule has 1 heterocycles. The second kappa shape index (κ2) is 5.74. The molecule has 1 aliphatic heterocycles. The molecule has 2 rings (SSSR count). The number of benzene rings is 1. The van der Waals surface area contributed by atoms with E-state index in [1.807, 2.05) is 31.7 Å². The molecule has 1 unspecified atom stereocenters. The van der Waals surface area contributed by atoms with Gasteiger partial charge in [0.1, 0.15) is 6.61 Å². The van der Waals surface area contributed by atoms with Gasteiger partial charge in [0.05, 0.1) is 5.60 Å². The van der Waals surface area contributed by atoms with E-state index < -0.39 is 0 Å². The lowest BCUT2D eigenvalue weighted by atomic mass is 9.99. The van der Waals surface area contributed by atoms with Crippen molar-refractivity contribution < 1.29 is 9.53 Å². The topological polar surface area (TPSA) is 29.5 Å². The van der Waals surface area contributed by atoms with Crippen LogP contribution in [0.5, 0.6) is 0 Å². The van der Waals surface area contributed by atoms with E-state index in [1.54, 1.807) is 0 Å². The van der Waals surface area contributed by atoms with Crippen LogP contribution >= 0.6 is 0 Å². The zero-order valence-corrected chi connectivity index (χ0v) is 12.1. The molecule has 0 N–H and O–H groups in total. The SMILES string of the molecule is CC(C)(C)OCC(=O)N1CCC(c2ccccc2)C1. The Morgan fingerprint density at radius 3 is 2.63 bits per heavy atom. The third-order valence-electron chi connectivity index (χ3n) is 3.44. The molecule has 3 nitrogen and oxygen atoms in total. The van der Waals surface area contributed by atoms with Crippen molar-refractivity contribution in [2.75, 3.05) is 19.7 Å². The van der Waals surface area contributed by atoms with Crippen LogP contribution in [0.4, 0.5) is 0 Å². The van der Waals surface area contributed by atoms with Gasteiger partial charge in [-0.25, -0.2) is 0 Å². The molecular weight excluding hydrogens is 238 g/mol. The quantitative estimate of drug-likeness (QED) is 0.837. The van der Waals surface area contributed by atoms with Gasteiger partial charge in [0.25, 0.3) is 0 Å². The molecule has 0 radical (unpaired) electrons. The lowest BCUT2D eigenvalue weighted by Gasteiger charge is -2.22. The predicted octanol–water partition coefficient (Wildman–Crippen LogP) is 2.82. The van der Waals surface area contributed by atoms with E-state index in [0.29, 0.717) is 5.92 Å². The van der Waals surface area contributed by atoms with Gasteiger partial charge in [-0.05, 0) is 32.8 Å². The number of likely N-dealkylation sites (tertiary alicyclic amines) is 1. The van der Waals surface area contributed by atoms with Gasteiger partial charge in [-0.3, -0.25) is 4.79 Å². The van der Waals surface area contributed by atoms with Crippen LogP contribution in [0.25, 0.3) is 0 Å². The predicted molar refractivity (Wildman–Crippen MR) is 76.1 cm³/mol. The van der Waals surface area contributed by atoms with Crippen molar-refractivity contribution in [3.63, 3.8) is 0 Å². The smallest absolute Gasteiger partial charge is 0.248 e. The molecule has 104 valence electrons.